The van der Waals surface area contributed by atoms with Gasteiger partial charge in [0.2, 0.25) is 0 Å². The summed E-state index contributed by atoms with van der Waals surface area (Å²) in [6.07, 6.45) is 1.40. The van der Waals surface area contributed by atoms with Crippen LogP contribution in [-0.4, -0.2) is 11.8 Å². The van der Waals surface area contributed by atoms with E-state index in [1.54, 1.807) is 24.3 Å². The number of rotatable bonds is 6. The van der Waals surface area contributed by atoms with E-state index in [0.717, 1.165) is 6.42 Å². The Bertz CT molecular complexity index is 395. The predicted octanol–water partition coefficient (Wildman–Crippen LogP) is 3.23. The van der Waals surface area contributed by atoms with Crippen LogP contribution >= 0.6 is 0 Å². The highest BCUT2D eigenvalue weighted by molar-refractivity contribution is 5.98. The highest BCUT2D eigenvalue weighted by Gasteiger charge is 2.25. The maximum atomic E-state index is 11.9. The molecule has 1 aromatic carbocycles. The van der Waals surface area contributed by atoms with E-state index in [1.165, 1.54) is 6.92 Å². The summed E-state index contributed by atoms with van der Waals surface area (Å²) in [4.78, 5) is 23.4. The number of hydrogen-bond donors (Lipinski definition) is 0. The van der Waals surface area contributed by atoms with Gasteiger partial charge >= 0.3 is 5.97 Å². The number of hydrogen-bond acceptors (Lipinski definition) is 3. The first-order valence-corrected chi connectivity index (χ1v) is 6.28. The summed E-state index contributed by atoms with van der Waals surface area (Å²) in [5, 5.41) is 0. The van der Waals surface area contributed by atoms with Crippen LogP contribution in [0.2, 0.25) is 0 Å². The van der Waals surface area contributed by atoms with Crippen molar-refractivity contribution in [3.05, 3.63) is 30.3 Å². The molecule has 0 aliphatic carbocycles. The third-order valence-electron chi connectivity index (χ3n) is 2.77. The van der Waals surface area contributed by atoms with E-state index in [1.807, 2.05) is 6.07 Å². The molecule has 0 aromatic heterocycles. The number of para-hydroxylation sites is 1. The fourth-order valence-electron chi connectivity index (χ4n) is 1.66. The topological polar surface area (TPSA) is 43.4 Å². The van der Waals surface area contributed by atoms with Gasteiger partial charge in [0.25, 0.3) is 0 Å². The van der Waals surface area contributed by atoms with Crippen molar-refractivity contribution in [2.45, 2.75) is 33.6 Å². The fraction of sp³-hybridized carbons (Fsp3) is 0.467. The van der Waals surface area contributed by atoms with Crippen molar-refractivity contribution in [1.82, 2.24) is 0 Å². The average Bonchev–Trinajstić information content (AvgIpc) is 2.29. The monoisotopic (exact) mass is 248 g/mol. The maximum Gasteiger partial charge on any atom is 0.321 e. The molecule has 0 heterocycles. The molecule has 0 saturated carbocycles. The van der Waals surface area contributed by atoms with Gasteiger partial charge in [0.15, 0.2) is 0 Å². The first-order valence-electron chi connectivity index (χ1n) is 6.28. The van der Waals surface area contributed by atoms with Crippen LogP contribution in [0.1, 0.15) is 33.6 Å². The van der Waals surface area contributed by atoms with Crippen molar-refractivity contribution in [2.75, 3.05) is 0 Å². The Morgan fingerprint density at radius 3 is 2.22 bits per heavy atom. The van der Waals surface area contributed by atoms with Crippen LogP contribution in [0.3, 0.4) is 0 Å². The lowest BCUT2D eigenvalue weighted by atomic mass is 9.95. The van der Waals surface area contributed by atoms with Crippen LogP contribution in [0.5, 0.6) is 5.75 Å². The Kier molecular flexibility index (Phi) is 5.56. The molecule has 0 radical (unpaired) electrons. The summed E-state index contributed by atoms with van der Waals surface area (Å²) in [7, 11) is 0. The number of carbonyl (C=O) groups excluding carboxylic acids is 2. The van der Waals surface area contributed by atoms with E-state index >= 15 is 0 Å². The van der Waals surface area contributed by atoms with Gasteiger partial charge in [-0.1, -0.05) is 32.0 Å². The van der Waals surface area contributed by atoms with Crippen LogP contribution in [0.25, 0.3) is 0 Å². The van der Waals surface area contributed by atoms with Gasteiger partial charge in [-0.15, -0.1) is 0 Å². The number of carbonyl (C=O) groups is 2. The van der Waals surface area contributed by atoms with E-state index in [-0.39, 0.29) is 5.78 Å². The van der Waals surface area contributed by atoms with E-state index in [0.29, 0.717) is 18.1 Å². The molecule has 0 saturated heterocycles. The third-order valence-corrected chi connectivity index (χ3v) is 2.77. The van der Waals surface area contributed by atoms with Crippen LogP contribution < -0.4 is 4.74 Å². The molecular formula is C15H20O3. The van der Waals surface area contributed by atoms with Crippen molar-refractivity contribution >= 4 is 11.8 Å². The minimum atomic E-state index is -0.646. The van der Waals surface area contributed by atoms with Gasteiger partial charge in [0, 0.05) is 0 Å². The molecule has 1 aromatic rings. The Labute approximate surface area is 108 Å². The highest BCUT2D eigenvalue weighted by Crippen LogP contribution is 2.17. The molecule has 3 heteroatoms. The quantitative estimate of drug-likeness (QED) is 0.441. The lowest BCUT2D eigenvalue weighted by Crippen LogP contribution is -2.27. The molecule has 3 nitrogen and oxygen atoms in total. The SMILES string of the molecule is CC(=O)C(CCC(C)C)C(=O)Oc1ccccc1. The van der Waals surface area contributed by atoms with Gasteiger partial charge in [-0.2, -0.15) is 0 Å². The summed E-state index contributed by atoms with van der Waals surface area (Å²) in [6, 6.07) is 8.84. The smallest absolute Gasteiger partial charge is 0.321 e. The van der Waals surface area contributed by atoms with Gasteiger partial charge in [0.1, 0.15) is 17.5 Å². The minimum Gasteiger partial charge on any atom is -0.426 e. The fourth-order valence-corrected chi connectivity index (χ4v) is 1.66. The molecule has 0 fully saturated rings. The number of esters is 1. The number of ether oxygens (including phenoxy) is 1. The molecule has 1 rings (SSSR count). The maximum absolute atomic E-state index is 11.9. The second kappa shape index (κ2) is 6.94. The van der Waals surface area contributed by atoms with E-state index < -0.39 is 11.9 Å². The van der Waals surface area contributed by atoms with Crippen molar-refractivity contribution < 1.29 is 14.3 Å². The zero-order chi connectivity index (χ0) is 13.5. The molecule has 0 amide bonds. The molecule has 0 bridgehead atoms. The van der Waals surface area contributed by atoms with Crippen LogP contribution in [-0.2, 0) is 9.59 Å². The molecule has 0 spiro atoms. The first-order chi connectivity index (χ1) is 8.50. The first kappa shape index (κ1) is 14.4. The largest absolute Gasteiger partial charge is 0.426 e. The van der Waals surface area contributed by atoms with Gasteiger partial charge in [-0.05, 0) is 37.8 Å². The summed E-state index contributed by atoms with van der Waals surface area (Å²) >= 11 is 0. The van der Waals surface area contributed by atoms with Crippen LogP contribution in [0.4, 0.5) is 0 Å². The number of benzene rings is 1. The van der Waals surface area contributed by atoms with E-state index in [9.17, 15) is 9.59 Å². The Hall–Kier alpha value is -1.64. The van der Waals surface area contributed by atoms with Gasteiger partial charge in [0.05, 0.1) is 0 Å². The van der Waals surface area contributed by atoms with Crippen LogP contribution in [0.15, 0.2) is 30.3 Å². The molecule has 0 N–H and O–H groups in total. The van der Waals surface area contributed by atoms with Crippen molar-refractivity contribution in [1.29, 1.82) is 0 Å². The lowest BCUT2D eigenvalue weighted by molar-refractivity contribution is -0.143. The average molecular weight is 248 g/mol. The molecular weight excluding hydrogens is 228 g/mol. The second-order valence-electron chi connectivity index (χ2n) is 4.87. The third kappa shape index (κ3) is 4.70. The molecule has 0 aliphatic heterocycles. The van der Waals surface area contributed by atoms with Gasteiger partial charge in [-0.25, -0.2) is 0 Å². The summed E-state index contributed by atoms with van der Waals surface area (Å²) < 4.78 is 5.21. The van der Waals surface area contributed by atoms with E-state index in [2.05, 4.69) is 13.8 Å². The Balaban J connectivity index is 2.63. The van der Waals surface area contributed by atoms with E-state index in [4.69, 9.17) is 4.74 Å². The predicted molar refractivity (Wildman–Crippen MR) is 70.3 cm³/mol. The Morgan fingerprint density at radius 2 is 1.72 bits per heavy atom. The normalized spacial score (nSPS) is 12.2. The highest BCUT2D eigenvalue weighted by atomic mass is 16.5. The van der Waals surface area contributed by atoms with Crippen molar-refractivity contribution in [3.63, 3.8) is 0 Å². The molecule has 98 valence electrons. The van der Waals surface area contributed by atoms with Crippen molar-refractivity contribution in [3.8, 4) is 5.75 Å². The number of ketones is 1. The zero-order valence-electron chi connectivity index (χ0n) is 11.2. The van der Waals surface area contributed by atoms with Crippen LogP contribution in [0, 0.1) is 11.8 Å². The lowest BCUT2D eigenvalue weighted by Gasteiger charge is -2.14. The molecule has 1 unspecified atom stereocenters. The second-order valence-corrected chi connectivity index (χ2v) is 4.87. The van der Waals surface area contributed by atoms with Gasteiger partial charge in [-0.3, -0.25) is 9.59 Å². The van der Waals surface area contributed by atoms with Gasteiger partial charge < -0.3 is 4.74 Å². The number of Topliss-reactive ketones (excluding diaryl/α,β-unsaturated/α-hetero) is 1. The zero-order valence-corrected chi connectivity index (χ0v) is 11.2. The molecule has 0 aliphatic rings. The summed E-state index contributed by atoms with van der Waals surface area (Å²) in [5.74, 6) is -0.270. The Morgan fingerprint density at radius 1 is 1.11 bits per heavy atom. The molecule has 18 heavy (non-hydrogen) atoms. The summed E-state index contributed by atoms with van der Waals surface area (Å²) in [5.41, 5.74) is 0. The minimum absolute atomic E-state index is 0.128. The summed E-state index contributed by atoms with van der Waals surface area (Å²) in [6.45, 7) is 5.58. The molecule has 1 atom stereocenters. The van der Waals surface area contributed by atoms with Crippen molar-refractivity contribution in [2.24, 2.45) is 11.8 Å². The standard InChI is InChI=1S/C15H20O3/c1-11(2)9-10-14(12(3)16)15(17)18-13-7-5-4-6-8-13/h4-8,11,14H,9-10H2,1-3H3.